The zero-order valence-corrected chi connectivity index (χ0v) is 17.7. The van der Waals surface area contributed by atoms with Gasteiger partial charge in [-0.25, -0.2) is 13.2 Å². The number of carbonyl (C=O) groups excluding carboxylic acids is 1. The van der Waals surface area contributed by atoms with Gasteiger partial charge in [0, 0.05) is 44.1 Å². The van der Waals surface area contributed by atoms with Crippen LogP contribution < -0.4 is 20.3 Å². The molecule has 33 heavy (non-hydrogen) atoms. The van der Waals surface area contributed by atoms with Crippen molar-refractivity contribution >= 4 is 28.2 Å². The number of hydrogen-bond acceptors (Lipinski definition) is 5. The summed E-state index contributed by atoms with van der Waals surface area (Å²) in [5.41, 5.74) is -1.89. The number of anilines is 2. The van der Waals surface area contributed by atoms with E-state index in [1.54, 1.807) is 11.0 Å². The molecule has 0 bridgehead atoms. The van der Waals surface area contributed by atoms with E-state index < -0.39 is 39.8 Å². The Morgan fingerprint density at radius 2 is 1.52 bits per heavy atom. The Kier molecular flexibility index (Phi) is 5.26. The summed E-state index contributed by atoms with van der Waals surface area (Å²) in [7, 11) is 0. The number of fused-ring (bicyclic) bond motifs is 1. The second-order valence-electron chi connectivity index (χ2n) is 8.47. The molecule has 0 amide bonds. The normalized spacial score (nSPS) is 16.2. The zero-order valence-electron chi connectivity index (χ0n) is 17.7. The number of carbonyl (C=O) groups is 1. The van der Waals surface area contributed by atoms with Crippen LogP contribution in [0.15, 0.2) is 35.3 Å². The number of halogens is 3. The van der Waals surface area contributed by atoms with E-state index in [2.05, 4.69) is 0 Å². The summed E-state index contributed by atoms with van der Waals surface area (Å²) in [6.07, 6.45) is 4.37. The lowest BCUT2D eigenvalue weighted by atomic mass is 10.1. The van der Waals surface area contributed by atoms with Crippen molar-refractivity contribution in [1.82, 2.24) is 4.57 Å². The molecule has 2 aliphatic rings. The molecule has 0 spiro atoms. The smallest absolute Gasteiger partial charge is 0.198 e. The molecule has 1 aromatic heterocycles. The van der Waals surface area contributed by atoms with Gasteiger partial charge in [-0.15, -0.1) is 0 Å². The topological polar surface area (TPSA) is 68.6 Å². The van der Waals surface area contributed by atoms with Gasteiger partial charge in [0.1, 0.15) is 17.3 Å². The van der Waals surface area contributed by atoms with E-state index >= 15 is 8.78 Å². The second-order valence-corrected chi connectivity index (χ2v) is 8.47. The molecule has 3 heterocycles. The lowest BCUT2D eigenvalue weighted by Gasteiger charge is -2.23. The molecule has 2 aromatic carbocycles. The summed E-state index contributed by atoms with van der Waals surface area (Å²) < 4.78 is 46.8. The van der Waals surface area contributed by atoms with Gasteiger partial charge in [0.15, 0.2) is 11.2 Å². The fourth-order valence-electron chi connectivity index (χ4n) is 4.84. The van der Waals surface area contributed by atoms with Crippen molar-refractivity contribution < 1.29 is 23.1 Å². The third kappa shape index (κ3) is 3.51. The largest absolute Gasteiger partial charge is 0.545 e. The third-order valence-electron chi connectivity index (χ3n) is 6.45. The summed E-state index contributed by atoms with van der Waals surface area (Å²) >= 11 is 0. The van der Waals surface area contributed by atoms with Gasteiger partial charge in [0.05, 0.1) is 28.1 Å². The Morgan fingerprint density at radius 3 is 2.12 bits per heavy atom. The number of aromatic nitrogens is 1. The van der Waals surface area contributed by atoms with E-state index in [-0.39, 0.29) is 16.9 Å². The molecule has 0 N–H and O–H groups in total. The average Bonchev–Trinajstić information content (AvgIpc) is 3.49. The highest BCUT2D eigenvalue weighted by atomic mass is 19.1. The van der Waals surface area contributed by atoms with Crippen LogP contribution in [-0.4, -0.2) is 36.7 Å². The minimum absolute atomic E-state index is 0.112. The predicted molar refractivity (Wildman–Crippen MR) is 117 cm³/mol. The number of rotatable bonds is 4. The van der Waals surface area contributed by atoms with Crippen LogP contribution in [-0.2, 0) is 0 Å². The maximum Gasteiger partial charge on any atom is 0.198 e. The molecule has 3 aromatic rings. The standard InChI is InChI=1S/C24H22F3N3O3/c25-17-11-14(5-6-19(17)28-7-1-2-8-28)30-13-16(24(32)33)23(31)15-12-18(26)22(20(27)21(15)30)29-9-3-4-10-29/h5-6,11-13H,1-4,7-10H2,(H,32,33)/p-1. The Balaban J connectivity index is 1.77. The molecule has 6 nitrogen and oxygen atoms in total. The lowest BCUT2D eigenvalue weighted by molar-refractivity contribution is -0.255. The zero-order chi connectivity index (χ0) is 23.3. The highest BCUT2D eigenvalue weighted by molar-refractivity contribution is 5.93. The third-order valence-corrected chi connectivity index (χ3v) is 6.45. The molecule has 2 fully saturated rings. The quantitative estimate of drug-likeness (QED) is 0.604. The summed E-state index contributed by atoms with van der Waals surface area (Å²) in [4.78, 5) is 27.8. The second kappa shape index (κ2) is 8.13. The van der Waals surface area contributed by atoms with Crippen LogP contribution in [0.25, 0.3) is 16.6 Å². The van der Waals surface area contributed by atoms with Crippen LogP contribution in [0.3, 0.4) is 0 Å². The van der Waals surface area contributed by atoms with E-state index in [4.69, 9.17) is 0 Å². The lowest BCUT2D eigenvalue weighted by Crippen LogP contribution is -2.30. The first-order chi connectivity index (χ1) is 15.9. The van der Waals surface area contributed by atoms with Gasteiger partial charge in [-0.1, -0.05) is 0 Å². The van der Waals surface area contributed by atoms with Gasteiger partial charge < -0.3 is 24.3 Å². The van der Waals surface area contributed by atoms with E-state index in [1.807, 2.05) is 4.90 Å². The van der Waals surface area contributed by atoms with E-state index in [0.717, 1.165) is 61.7 Å². The van der Waals surface area contributed by atoms with Crippen LogP contribution in [0.4, 0.5) is 24.5 Å². The van der Waals surface area contributed by atoms with Gasteiger partial charge in [-0.3, -0.25) is 4.79 Å². The predicted octanol–water partition coefficient (Wildman–Crippen LogP) is 2.97. The SMILES string of the molecule is O=C([O-])c1cn(-c2ccc(N3CCCC3)c(F)c2)c2c(F)c(N3CCCC3)c(F)cc2c1=O. The molecule has 0 saturated carbocycles. The first kappa shape index (κ1) is 21.4. The number of carboxylic acid groups (broad SMARTS) is 1. The molecule has 0 atom stereocenters. The maximum absolute atomic E-state index is 15.8. The molecule has 172 valence electrons. The highest BCUT2D eigenvalue weighted by Gasteiger charge is 2.26. The number of carboxylic acids is 1. The number of aromatic carboxylic acids is 1. The van der Waals surface area contributed by atoms with Crippen molar-refractivity contribution in [3.63, 3.8) is 0 Å². The molecule has 0 aliphatic carbocycles. The number of hydrogen-bond donors (Lipinski definition) is 0. The van der Waals surface area contributed by atoms with Crippen LogP contribution in [0.5, 0.6) is 0 Å². The van der Waals surface area contributed by atoms with E-state index in [9.17, 15) is 19.1 Å². The molecule has 2 saturated heterocycles. The minimum Gasteiger partial charge on any atom is -0.545 e. The molecule has 5 rings (SSSR count). The summed E-state index contributed by atoms with van der Waals surface area (Å²) in [6.45, 7) is 2.36. The Hall–Kier alpha value is -3.49. The van der Waals surface area contributed by atoms with Crippen molar-refractivity contribution in [2.24, 2.45) is 0 Å². The van der Waals surface area contributed by atoms with Crippen LogP contribution in [0, 0.1) is 17.5 Å². The first-order valence-corrected chi connectivity index (χ1v) is 11.0. The Labute approximate surface area is 187 Å². The number of nitrogens with zero attached hydrogens (tertiary/aromatic N) is 3. The Bertz CT molecular complexity index is 1330. The minimum atomic E-state index is -1.78. The first-order valence-electron chi connectivity index (χ1n) is 11.0. The van der Waals surface area contributed by atoms with Gasteiger partial charge in [0.25, 0.3) is 0 Å². The van der Waals surface area contributed by atoms with Gasteiger partial charge in [0.2, 0.25) is 0 Å². The van der Waals surface area contributed by atoms with E-state index in [1.165, 1.54) is 6.07 Å². The van der Waals surface area contributed by atoms with Gasteiger partial charge in [-0.2, -0.15) is 0 Å². The fourth-order valence-corrected chi connectivity index (χ4v) is 4.84. The van der Waals surface area contributed by atoms with Crippen LogP contribution in [0.2, 0.25) is 0 Å². The molecular weight excluding hydrogens is 435 g/mol. The fraction of sp³-hybridized carbons (Fsp3) is 0.333. The highest BCUT2D eigenvalue weighted by Crippen LogP contribution is 2.34. The average molecular weight is 456 g/mol. The van der Waals surface area contributed by atoms with Crippen molar-refractivity contribution in [1.29, 1.82) is 0 Å². The number of pyridine rings is 1. The van der Waals surface area contributed by atoms with Crippen LogP contribution in [0.1, 0.15) is 36.0 Å². The van der Waals surface area contributed by atoms with Crippen molar-refractivity contribution in [3.8, 4) is 5.69 Å². The van der Waals surface area contributed by atoms with Crippen molar-refractivity contribution in [2.45, 2.75) is 25.7 Å². The molecule has 0 unspecified atom stereocenters. The maximum atomic E-state index is 15.8. The van der Waals surface area contributed by atoms with Crippen molar-refractivity contribution in [3.05, 3.63) is 63.7 Å². The molecule has 0 radical (unpaired) electrons. The van der Waals surface area contributed by atoms with Gasteiger partial charge in [-0.05, 0) is 43.9 Å². The summed E-state index contributed by atoms with van der Waals surface area (Å²) in [5.74, 6) is -4.28. The van der Waals surface area contributed by atoms with Gasteiger partial charge >= 0.3 is 0 Å². The van der Waals surface area contributed by atoms with Crippen molar-refractivity contribution in [2.75, 3.05) is 36.0 Å². The monoisotopic (exact) mass is 456 g/mol. The Morgan fingerprint density at radius 1 is 0.879 bits per heavy atom. The molecule has 2 aliphatic heterocycles. The summed E-state index contributed by atoms with van der Waals surface area (Å²) in [6, 6.07) is 5.08. The van der Waals surface area contributed by atoms with Crippen LogP contribution >= 0.6 is 0 Å². The number of benzene rings is 2. The molecular formula is C24H21F3N3O3-. The summed E-state index contributed by atoms with van der Waals surface area (Å²) in [5, 5.41) is 11.1. The molecule has 9 heteroatoms. The van der Waals surface area contributed by atoms with E-state index in [0.29, 0.717) is 18.8 Å².